The van der Waals surface area contributed by atoms with E-state index in [1.807, 2.05) is 12.1 Å². The van der Waals surface area contributed by atoms with Gasteiger partial charge in [0.25, 0.3) is 0 Å². The molecule has 2 heteroatoms. The lowest BCUT2D eigenvalue weighted by molar-refractivity contribution is 0.289. The summed E-state index contributed by atoms with van der Waals surface area (Å²) in [6.07, 6.45) is 5.98. The molecule has 0 heterocycles. The zero-order chi connectivity index (χ0) is 12.5. The van der Waals surface area contributed by atoms with Gasteiger partial charge in [-0.2, -0.15) is 0 Å². The molecule has 0 aromatic heterocycles. The quantitative estimate of drug-likeness (QED) is 0.824. The summed E-state index contributed by atoms with van der Waals surface area (Å²) in [4.78, 5) is 0. The van der Waals surface area contributed by atoms with E-state index in [4.69, 9.17) is 5.73 Å². The Balaban J connectivity index is 2.53. The summed E-state index contributed by atoms with van der Waals surface area (Å²) < 4.78 is 0. The maximum atomic E-state index is 10.2. The molecule has 0 unspecified atom stereocenters. The van der Waals surface area contributed by atoms with Gasteiger partial charge >= 0.3 is 0 Å². The average Bonchev–Trinajstić information content (AvgIpc) is 2.35. The van der Waals surface area contributed by atoms with Crippen LogP contribution in [0.15, 0.2) is 12.1 Å². The van der Waals surface area contributed by atoms with E-state index in [9.17, 15) is 5.11 Å². The lowest BCUT2D eigenvalue weighted by Gasteiger charge is -2.38. The fourth-order valence-corrected chi connectivity index (χ4v) is 3.26. The lowest BCUT2D eigenvalue weighted by atomic mass is 9.67. The van der Waals surface area contributed by atoms with Crippen LogP contribution >= 0.6 is 0 Å². The van der Waals surface area contributed by atoms with E-state index in [1.54, 1.807) is 0 Å². The van der Waals surface area contributed by atoms with Crippen molar-refractivity contribution in [3.63, 3.8) is 0 Å². The number of aryl methyl sites for hydroxylation is 1. The van der Waals surface area contributed by atoms with Crippen molar-refractivity contribution < 1.29 is 5.11 Å². The fourth-order valence-electron chi connectivity index (χ4n) is 3.26. The van der Waals surface area contributed by atoms with Crippen LogP contribution in [0.25, 0.3) is 0 Å². The minimum absolute atomic E-state index is 0.0123. The molecule has 0 bridgehead atoms. The van der Waals surface area contributed by atoms with Gasteiger partial charge in [-0.3, -0.25) is 0 Å². The summed E-state index contributed by atoms with van der Waals surface area (Å²) in [5, 5.41) is 10.2. The van der Waals surface area contributed by atoms with E-state index in [1.165, 1.54) is 30.4 Å². The number of phenols is 1. The molecule has 0 spiro atoms. The van der Waals surface area contributed by atoms with Crippen molar-refractivity contribution in [3.8, 4) is 5.75 Å². The van der Waals surface area contributed by atoms with Crippen LogP contribution in [0.4, 0.5) is 0 Å². The minimum Gasteiger partial charge on any atom is -0.508 e. The Kier molecular flexibility index (Phi) is 3.43. The van der Waals surface area contributed by atoms with Crippen LogP contribution in [0.3, 0.4) is 0 Å². The SMILES string of the molecule is Cc1ccc(O)c(C2(CN)CCCCC2)c1C. The maximum Gasteiger partial charge on any atom is 0.119 e. The molecule has 2 rings (SSSR count). The fraction of sp³-hybridized carbons (Fsp3) is 0.600. The first-order valence-electron chi connectivity index (χ1n) is 6.60. The molecule has 17 heavy (non-hydrogen) atoms. The molecule has 0 amide bonds. The van der Waals surface area contributed by atoms with Crippen LogP contribution in [0.1, 0.15) is 48.8 Å². The van der Waals surface area contributed by atoms with Gasteiger partial charge in [0.1, 0.15) is 5.75 Å². The largest absolute Gasteiger partial charge is 0.508 e. The predicted molar refractivity (Wildman–Crippen MR) is 71.4 cm³/mol. The Morgan fingerprint density at radius 3 is 2.41 bits per heavy atom. The highest BCUT2D eigenvalue weighted by Crippen LogP contribution is 2.44. The normalized spacial score (nSPS) is 19.2. The first-order valence-corrected chi connectivity index (χ1v) is 6.60. The zero-order valence-electron chi connectivity index (χ0n) is 10.9. The molecule has 1 aromatic carbocycles. The van der Waals surface area contributed by atoms with E-state index in [0.29, 0.717) is 12.3 Å². The molecule has 1 aromatic rings. The second-order valence-corrected chi connectivity index (χ2v) is 5.45. The Hall–Kier alpha value is -1.02. The van der Waals surface area contributed by atoms with Gasteiger partial charge in [0.15, 0.2) is 0 Å². The molecule has 0 radical (unpaired) electrons. The second kappa shape index (κ2) is 4.69. The lowest BCUT2D eigenvalue weighted by Crippen LogP contribution is -2.38. The topological polar surface area (TPSA) is 46.2 Å². The highest BCUT2D eigenvalue weighted by molar-refractivity contribution is 5.48. The molecule has 1 fully saturated rings. The number of hydrogen-bond acceptors (Lipinski definition) is 2. The summed E-state index contributed by atoms with van der Waals surface area (Å²) in [7, 11) is 0. The molecule has 3 N–H and O–H groups in total. The van der Waals surface area contributed by atoms with Crippen molar-refractivity contribution in [2.75, 3.05) is 6.54 Å². The number of nitrogens with two attached hydrogens (primary N) is 1. The second-order valence-electron chi connectivity index (χ2n) is 5.45. The van der Waals surface area contributed by atoms with Gasteiger partial charge in [-0.1, -0.05) is 25.3 Å². The third kappa shape index (κ3) is 2.06. The molecule has 1 aliphatic rings. The maximum absolute atomic E-state index is 10.2. The van der Waals surface area contributed by atoms with Crippen molar-refractivity contribution in [1.29, 1.82) is 0 Å². The van der Waals surface area contributed by atoms with E-state index in [0.717, 1.165) is 18.4 Å². The van der Waals surface area contributed by atoms with Gasteiger partial charge in [0, 0.05) is 17.5 Å². The molecule has 0 atom stereocenters. The molecule has 1 saturated carbocycles. The smallest absolute Gasteiger partial charge is 0.119 e. The molecular formula is C15H23NO. The Labute approximate surface area is 104 Å². The van der Waals surface area contributed by atoms with Gasteiger partial charge in [-0.15, -0.1) is 0 Å². The standard InChI is InChI=1S/C15H23NO/c1-11-6-7-13(17)14(12(11)2)15(10-16)8-4-3-5-9-15/h6-7,17H,3-5,8-10,16H2,1-2H3. The van der Waals surface area contributed by atoms with Crippen LogP contribution in [0, 0.1) is 13.8 Å². The van der Waals surface area contributed by atoms with Crippen molar-refractivity contribution in [2.45, 2.75) is 51.4 Å². The first kappa shape index (κ1) is 12.4. The summed E-state index contributed by atoms with van der Waals surface area (Å²) in [6.45, 7) is 4.85. The number of hydrogen-bond donors (Lipinski definition) is 2. The van der Waals surface area contributed by atoms with Gasteiger partial charge in [0.2, 0.25) is 0 Å². The van der Waals surface area contributed by atoms with Gasteiger partial charge in [-0.25, -0.2) is 0 Å². The van der Waals surface area contributed by atoms with E-state index in [-0.39, 0.29) is 5.41 Å². The van der Waals surface area contributed by atoms with Crippen molar-refractivity contribution in [3.05, 3.63) is 28.8 Å². The highest BCUT2D eigenvalue weighted by Gasteiger charge is 2.36. The van der Waals surface area contributed by atoms with Gasteiger partial charge < -0.3 is 10.8 Å². The molecular weight excluding hydrogens is 210 g/mol. The molecule has 0 saturated heterocycles. The number of rotatable bonds is 2. The van der Waals surface area contributed by atoms with Crippen LogP contribution in [-0.2, 0) is 5.41 Å². The number of phenolic OH excluding ortho intramolecular Hbond substituents is 1. The summed E-state index contributed by atoms with van der Waals surface area (Å²) >= 11 is 0. The Morgan fingerprint density at radius 2 is 1.82 bits per heavy atom. The van der Waals surface area contributed by atoms with E-state index < -0.39 is 0 Å². The molecule has 1 aliphatic carbocycles. The summed E-state index contributed by atoms with van der Waals surface area (Å²) in [5.41, 5.74) is 9.64. The third-order valence-electron chi connectivity index (χ3n) is 4.45. The van der Waals surface area contributed by atoms with Crippen LogP contribution in [0.5, 0.6) is 5.75 Å². The zero-order valence-corrected chi connectivity index (χ0v) is 10.9. The van der Waals surface area contributed by atoms with Crippen LogP contribution in [-0.4, -0.2) is 11.7 Å². The Bertz CT molecular complexity index is 406. The molecule has 94 valence electrons. The van der Waals surface area contributed by atoms with Crippen molar-refractivity contribution in [2.24, 2.45) is 5.73 Å². The summed E-state index contributed by atoms with van der Waals surface area (Å²) in [5.74, 6) is 0.431. The number of aromatic hydroxyl groups is 1. The number of benzene rings is 1. The Morgan fingerprint density at radius 1 is 1.18 bits per heavy atom. The van der Waals surface area contributed by atoms with Crippen molar-refractivity contribution in [1.82, 2.24) is 0 Å². The van der Waals surface area contributed by atoms with Gasteiger partial charge in [0.05, 0.1) is 0 Å². The molecule has 0 aliphatic heterocycles. The molecule has 2 nitrogen and oxygen atoms in total. The van der Waals surface area contributed by atoms with Gasteiger partial charge in [-0.05, 0) is 43.9 Å². The monoisotopic (exact) mass is 233 g/mol. The van der Waals surface area contributed by atoms with Crippen LogP contribution < -0.4 is 5.73 Å². The summed E-state index contributed by atoms with van der Waals surface area (Å²) in [6, 6.07) is 3.81. The first-order chi connectivity index (χ1) is 8.10. The predicted octanol–water partition coefficient (Wildman–Crippen LogP) is 3.17. The van der Waals surface area contributed by atoms with E-state index >= 15 is 0 Å². The minimum atomic E-state index is 0.0123. The van der Waals surface area contributed by atoms with Crippen LogP contribution in [0.2, 0.25) is 0 Å². The van der Waals surface area contributed by atoms with Crippen molar-refractivity contribution >= 4 is 0 Å². The highest BCUT2D eigenvalue weighted by atomic mass is 16.3. The van der Waals surface area contributed by atoms with E-state index in [2.05, 4.69) is 13.8 Å². The average molecular weight is 233 g/mol. The third-order valence-corrected chi connectivity index (χ3v) is 4.45.